The van der Waals surface area contributed by atoms with Crippen LogP contribution in [0.3, 0.4) is 0 Å². The first kappa shape index (κ1) is 11.8. The highest BCUT2D eigenvalue weighted by molar-refractivity contribution is 7.46. The summed E-state index contributed by atoms with van der Waals surface area (Å²) < 4.78 is 15.0. The van der Waals surface area contributed by atoms with E-state index < -0.39 is 13.4 Å². The first-order valence-electron chi connectivity index (χ1n) is 3.71. The van der Waals surface area contributed by atoms with Crippen LogP contribution < -0.4 is 0 Å². The van der Waals surface area contributed by atoms with Gasteiger partial charge in [-0.15, -0.1) is 0 Å². The molecular formula is C7H15O4P. The molecule has 0 unspecified atom stereocenters. The average molecular weight is 194 g/mol. The molecule has 0 fully saturated rings. The van der Waals surface area contributed by atoms with Gasteiger partial charge in [-0.05, 0) is 20.3 Å². The third-order valence-electron chi connectivity index (χ3n) is 1.11. The van der Waals surface area contributed by atoms with Gasteiger partial charge in [0.2, 0.25) is 0 Å². The van der Waals surface area contributed by atoms with Crippen molar-refractivity contribution < 1.29 is 18.9 Å². The van der Waals surface area contributed by atoms with Crippen molar-refractivity contribution in [2.45, 2.75) is 32.8 Å². The molecule has 2 N–H and O–H groups in total. The van der Waals surface area contributed by atoms with Crippen LogP contribution in [0.1, 0.15) is 27.2 Å². The van der Waals surface area contributed by atoms with E-state index in [1.807, 2.05) is 6.92 Å². The lowest BCUT2D eigenvalue weighted by Crippen LogP contribution is -2.19. The molecule has 5 heteroatoms. The number of phosphoric ester groups is 1. The van der Waals surface area contributed by atoms with E-state index in [1.54, 1.807) is 26.0 Å². The zero-order valence-electron chi connectivity index (χ0n) is 7.52. The van der Waals surface area contributed by atoms with Crippen molar-refractivity contribution in [2.75, 3.05) is 0 Å². The Hall–Kier alpha value is -0.150. The fourth-order valence-electron chi connectivity index (χ4n) is 0.739. The van der Waals surface area contributed by atoms with Crippen molar-refractivity contribution in [3.63, 3.8) is 0 Å². The maximum atomic E-state index is 10.4. The van der Waals surface area contributed by atoms with Crippen LogP contribution in [0.25, 0.3) is 0 Å². The van der Waals surface area contributed by atoms with Gasteiger partial charge < -0.3 is 9.79 Å². The maximum absolute atomic E-state index is 10.4. The Morgan fingerprint density at radius 1 is 1.50 bits per heavy atom. The molecule has 0 heterocycles. The lowest BCUT2D eigenvalue weighted by atomic mass is 10.1. The molecule has 0 radical (unpaired) electrons. The zero-order valence-corrected chi connectivity index (χ0v) is 8.41. The number of allylic oxidation sites excluding steroid dienone is 1. The summed E-state index contributed by atoms with van der Waals surface area (Å²) in [5, 5.41) is 0. The Labute approximate surface area is 72.5 Å². The van der Waals surface area contributed by atoms with Crippen LogP contribution in [0.5, 0.6) is 0 Å². The molecule has 0 rings (SSSR count). The van der Waals surface area contributed by atoms with Gasteiger partial charge in [-0.3, -0.25) is 4.52 Å². The first-order valence-corrected chi connectivity index (χ1v) is 5.24. The Morgan fingerprint density at radius 3 is 2.33 bits per heavy atom. The van der Waals surface area contributed by atoms with Gasteiger partial charge in [0.25, 0.3) is 0 Å². The summed E-state index contributed by atoms with van der Waals surface area (Å²) in [6.45, 7) is 5.13. The van der Waals surface area contributed by atoms with Crippen molar-refractivity contribution in [2.24, 2.45) is 0 Å². The van der Waals surface area contributed by atoms with Crippen LogP contribution in [0, 0.1) is 0 Å². The SMILES string of the molecule is CCC=CC(C)(C)OP(=O)(O)O. The minimum atomic E-state index is -4.38. The minimum absolute atomic E-state index is 0.813. The van der Waals surface area contributed by atoms with Crippen LogP contribution in [0.4, 0.5) is 0 Å². The molecule has 0 spiro atoms. The second-order valence-electron chi connectivity index (χ2n) is 3.00. The summed E-state index contributed by atoms with van der Waals surface area (Å²) in [5.41, 5.74) is -0.908. The van der Waals surface area contributed by atoms with Gasteiger partial charge in [0.05, 0.1) is 5.60 Å². The molecule has 0 bridgehead atoms. The second-order valence-corrected chi connectivity index (χ2v) is 4.16. The lowest BCUT2D eigenvalue weighted by Gasteiger charge is -2.21. The van der Waals surface area contributed by atoms with E-state index in [2.05, 4.69) is 4.52 Å². The first-order chi connectivity index (χ1) is 5.27. The van der Waals surface area contributed by atoms with Crippen LogP contribution >= 0.6 is 7.82 Å². The number of hydrogen-bond donors (Lipinski definition) is 2. The predicted octanol–water partition coefficient (Wildman–Crippen LogP) is 1.84. The molecule has 0 aliphatic heterocycles. The van der Waals surface area contributed by atoms with Crippen LogP contribution in [0.15, 0.2) is 12.2 Å². The highest BCUT2D eigenvalue weighted by Gasteiger charge is 2.26. The molecule has 0 saturated heterocycles. The number of rotatable bonds is 4. The molecule has 4 nitrogen and oxygen atoms in total. The van der Waals surface area contributed by atoms with Crippen molar-refractivity contribution in [1.82, 2.24) is 0 Å². The van der Waals surface area contributed by atoms with E-state index in [4.69, 9.17) is 9.79 Å². The zero-order chi connectivity index (χ0) is 9.83. The number of hydrogen-bond acceptors (Lipinski definition) is 2. The molecule has 0 aromatic rings. The van der Waals surface area contributed by atoms with Gasteiger partial charge in [-0.2, -0.15) is 0 Å². The molecule has 12 heavy (non-hydrogen) atoms. The summed E-state index contributed by atoms with van der Waals surface area (Å²) in [6, 6.07) is 0. The van der Waals surface area contributed by atoms with E-state index in [-0.39, 0.29) is 0 Å². The molecule has 0 amide bonds. The Kier molecular flexibility index (Phi) is 4.14. The normalized spacial score (nSPS) is 14.1. The third kappa shape index (κ3) is 6.55. The fourth-order valence-corrected chi connectivity index (χ4v) is 1.41. The summed E-state index contributed by atoms with van der Waals surface area (Å²) >= 11 is 0. The predicted molar refractivity (Wildman–Crippen MR) is 46.6 cm³/mol. The van der Waals surface area contributed by atoms with E-state index in [9.17, 15) is 4.57 Å². The molecule has 0 aliphatic carbocycles. The van der Waals surface area contributed by atoms with Crippen LogP contribution in [-0.2, 0) is 9.09 Å². The topological polar surface area (TPSA) is 66.8 Å². The summed E-state index contributed by atoms with van der Waals surface area (Å²) in [6.07, 6.45) is 4.25. The Morgan fingerprint density at radius 2 is 2.00 bits per heavy atom. The van der Waals surface area contributed by atoms with Gasteiger partial charge in [0.1, 0.15) is 0 Å². The smallest absolute Gasteiger partial charge is 0.303 e. The van der Waals surface area contributed by atoms with Gasteiger partial charge in [0, 0.05) is 0 Å². The number of phosphoric acid groups is 1. The van der Waals surface area contributed by atoms with Crippen molar-refractivity contribution in [1.29, 1.82) is 0 Å². The molecule has 0 saturated carbocycles. The van der Waals surface area contributed by atoms with E-state index >= 15 is 0 Å². The minimum Gasteiger partial charge on any atom is -0.303 e. The van der Waals surface area contributed by atoms with Crippen molar-refractivity contribution >= 4 is 7.82 Å². The molecule has 72 valence electrons. The molecule has 0 aromatic heterocycles. The average Bonchev–Trinajstić information content (AvgIpc) is 1.78. The van der Waals surface area contributed by atoms with Crippen molar-refractivity contribution in [3.05, 3.63) is 12.2 Å². The Balaban J connectivity index is 4.23. The van der Waals surface area contributed by atoms with Crippen molar-refractivity contribution in [3.8, 4) is 0 Å². The summed E-state index contributed by atoms with van der Waals surface area (Å²) in [4.78, 5) is 17.0. The molecule has 0 atom stereocenters. The van der Waals surface area contributed by atoms with Gasteiger partial charge in [0.15, 0.2) is 0 Å². The van der Waals surface area contributed by atoms with Gasteiger partial charge >= 0.3 is 7.82 Å². The highest BCUT2D eigenvalue weighted by Crippen LogP contribution is 2.41. The van der Waals surface area contributed by atoms with Crippen LogP contribution in [0.2, 0.25) is 0 Å². The van der Waals surface area contributed by atoms with E-state index in [0.29, 0.717) is 0 Å². The standard InChI is InChI=1S/C7H15O4P/c1-4-5-6-7(2,3)11-12(8,9)10/h5-6H,4H2,1-3H3,(H2,8,9,10). The molecule has 0 aromatic carbocycles. The second kappa shape index (κ2) is 4.19. The van der Waals surface area contributed by atoms with Gasteiger partial charge in [-0.25, -0.2) is 4.57 Å². The van der Waals surface area contributed by atoms with Crippen LogP contribution in [-0.4, -0.2) is 15.4 Å². The lowest BCUT2D eigenvalue weighted by molar-refractivity contribution is 0.103. The summed E-state index contributed by atoms with van der Waals surface area (Å²) in [7, 11) is -4.38. The third-order valence-corrected chi connectivity index (χ3v) is 1.82. The molecule has 0 aliphatic rings. The maximum Gasteiger partial charge on any atom is 0.470 e. The highest BCUT2D eigenvalue weighted by atomic mass is 31.2. The van der Waals surface area contributed by atoms with Gasteiger partial charge in [-0.1, -0.05) is 19.1 Å². The monoisotopic (exact) mass is 194 g/mol. The quantitative estimate of drug-likeness (QED) is 0.529. The largest absolute Gasteiger partial charge is 0.470 e. The molecular weight excluding hydrogens is 179 g/mol. The Bertz CT molecular complexity index is 203. The fraction of sp³-hybridized carbons (Fsp3) is 0.714. The summed E-state index contributed by atoms with van der Waals surface area (Å²) in [5.74, 6) is 0. The van der Waals surface area contributed by atoms with E-state index in [0.717, 1.165) is 6.42 Å². The van der Waals surface area contributed by atoms with E-state index in [1.165, 1.54) is 0 Å².